The first-order valence-electron chi connectivity index (χ1n) is 6.18. The van der Waals surface area contributed by atoms with Crippen molar-refractivity contribution >= 4 is 23.4 Å². The summed E-state index contributed by atoms with van der Waals surface area (Å²) in [5.41, 5.74) is 0.653. The van der Waals surface area contributed by atoms with Gasteiger partial charge in [0.15, 0.2) is 0 Å². The van der Waals surface area contributed by atoms with Crippen LogP contribution in [0.25, 0.3) is 0 Å². The molecule has 0 spiro atoms. The van der Waals surface area contributed by atoms with Crippen LogP contribution in [-0.2, 0) is 11.3 Å². The number of hydrogen-bond acceptors (Lipinski definition) is 3. The number of aliphatic hydroxyl groups excluding tert-OH is 1. The molecule has 0 atom stereocenters. The van der Waals surface area contributed by atoms with Gasteiger partial charge >= 0.3 is 6.09 Å². The Kier molecular flexibility index (Phi) is 5.20. The molecule has 1 aromatic carbocycles. The lowest BCUT2D eigenvalue weighted by molar-refractivity contribution is 0.0582. The summed E-state index contributed by atoms with van der Waals surface area (Å²) >= 11 is 5.88. The van der Waals surface area contributed by atoms with E-state index in [1.807, 2.05) is 27.7 Å². The molecule has 5 heteroatoms. The molecule has 4 nitrogen and oxygen atoms in total. The van der Waals surface area contributed by atoms with Crippen LogP contribution in [0, 0.1) is 0 Å². The molecule has 0 saturated heterocycles. The average molecular weight is 286 g/mol. The van der Waals surface area contributed by atoms with Crippen molar-refractivity contribution in [3.05, 3.63) is 28.8 Å². The molecule has 1 N–H and O–H groups in total. The first-order valence-corrected chi connectivity index (χ1v) is 6.56. The third kappa shape index (κ3) is 4.40. The highest BCUT2D eigenvalue weighted by Crippen LogP contribution is 2.26. The van der Waals surface area contributed by atoms with Crippen molar-refractivity contribution in [2.75, 3.05) is 11.4 Å². The molecule has 0 bridgehead atoms. The van der Waals surface area contributed by atoms with Gasteiger partial charge in [-0.1, -0.05) is 11.6 Å². The van der Waals surface area contributed by atoms with Gasteiger partial charge in [0.2, 0.25) is 0 Å². The number of benzene rings is 1. The Labute approximate surface area is 118 Å². The molecule has 0 saturated carbocycles. The fourth-order valence-electron chi connectivity index (χ4n) is 1.66. The molecule has 0 fully saturated rings. The number of carbonyl (C=O) groups is 1. The number of carbonyl (C=O) groups excluding carboxylic acids is 1. The van der Waals surface area contributed by atoms with E-state index < -0.39 is 11.7 Å². The number of halogens is 1. The summed E-state index contributed by atoms with van der Waals surface area (Å²) < 4.78 is 5.35. The molecule has 0 aliphatic carbocycles. The Bertz CT molecular complexity index is 454. The number of anilines is 1. The number of amides is 1. The van der Waals surface area contributed by atoms with Crippen molar-refractivity contribution < 1.29 is 14.6 Å². The second-order valence-electron chi connectivity index (χ2n) is 5.16. The zero-order chi connectivity index (χ0) is 14.6. The van der Waals surface area contributed by atoms with E-state index in [1.54, 1.807) is 18.2 Å². The van der Waals surface area contributed by atoms with Crippen LogP contribution in [0.3, 0.4) is 0 Å². The second kappa shape index (κ2) is 6.26. The SMILES string of the molecule is CCN(C(=O)OC(C)(C)C)c1ccc(Cl)cc1CO. The third-order valence-electron chi connectivity index (χ3n) is 2.43. The van der Waals surface area contributed by atoms with Crippen molar-refractivity contribution in [1.82, 2.24) is 0 Å². The van der Waals surface area contributed by atoms with Gasteiger partial charge in [-0.2, -0.15) is 0 Å². The first kappa shape index (κ1) is 15.8. The van der Waals surface area contributed by atoms with Crippen molar-refractivity contribution in [1.29, 1.82) is 0 Å². The maximum Gasteiger partial charge on any atom is 0.414 e. The molecule has 0 aliphatic rings. The standard InChI is InChI=1S/C14H20ClNO3/c1-5-16(13(18)19-14(2,3)4)12-7-6-11(15)8-10(12)9-17/h6-8,17H,5,9H2,1-4H3. The lowest BCUT2D eigenvalue weighted by atomic mass is 10.1. The molecule has 19 heavy (non-hydrogen) atoms. The number of nitrogens with zero attached hydrogens (tertiary/aromatic N) is 1. The monoisotopic (exact) mass is 285 g/mol. The summed E-state index contributed by atoms with van der Waals surface area (Å²) in [6.07, 6.45) is -0.438. The molecular formula is C14H20ClNO3. The van der Waals surface area contributed by atoms with E-state index in [0.29, 0.717) is 22.8 Å². The van der Waals surface area contributed by atoms with E-state index in [4.69, 9.17) is 16.3 Å². The molecule has 1 aromatic rings. The van der Waals surface area contributed by atoms with Crippen LogP contribution < -0.4 is 4.90 Å². The predicted octanol–water partition coefficient (Wildman–Crippen LogP) is 3.59. The predicted molar refractivity (Wildman–Crippen MR) is 76.6 cm³/mol. The van der Waals surface area contributed by atoms with Crippen LogP contribution in [0.4, 0.5) is 10.5 Å². The van der Waals surface area contributed by atoms with Crippen molar-refractivity contribution in [2.45, 2.75) is 39.9 Å². The van der Waals surface area contributed by atoms with Gasteiger partial charge in [-0.05, 0) is 45.9 Å². The summed E-state index contributed by atoms with van der Waals surface area (Å²) in [6, 6.07) is 5.04. The smallest absolute Gasteiger partial charge is 0.414 e. The number of ether oxygens (including phenoxy) is 1. The van der Waals surface area contributed by atoms with Gasteiger partial charge in [-0.25, -0.2) is 4.79 Å². The van der Waals surface area contributed by atoms with Crippen LogP contribution in [-0.4, -0.2) is 23.3 Å². The summed E-state index contributed by atoms with van der Waals surface area (Å²) in [5.74, 6) is 0. The van der Waals surface area contributed by atoms with Crippen molar-refractivity contribution in [3.8, 4) is 0 Å². The summed E-state index contributed by atoms with van der Waals surface area (Å²) in [5, 5.41) is 9.89. The Balaban J connectivity index is 3.06. The Hall–Kier alpha value is -1.26. The maximum atomic E-state index is 12.1. The lowest BCUT2D eigenvalue weighted by Crippen LogP contribution is -2.37. The Morgan fingerprint density at radius 2 is 2.05 bits per heavy atom. The molecule has 0 aliphatic heterocycles. The minimum atomic E-state index is -0.559. The highest BCUT2D eigenvalue weighted by atomic mass is 35.5. The van der Waals surface area contributed by atoms with Crippen molar-refractivity contribution in [3.63, 3.8) is 0 Å². The number of aliphatic hydroxyl groups is 1. The van der Waals surface area contributed by atoms with Gasteiger partial charge in [-0.15, -0.1) is 0 Å². The van der Waals surface area contributed by atoms with E-state index >= 15 is 0 Å². The summed E-state index contributed by atoms with van der Waals surface area (Å²) in [7, 11) is 0. The molecule has 0 aromatic heterocycles. The fraction of sp³-hybridized carbons (Fsp3) is 0.500. The van der Waals surface area contributed by atoms with E-state index in [9.17, 15) is 9.90 Å². The Morgan fingerprint density at radius 3 is 2.53 bits per heavy atom. The van der Waals surface area contributed by atoms with E-state index in [1.165, 1.54) is 4.90 Å². The highest BCUT2D eigenvalue weighted by molar-refractivity contribution is 6.30. The zero-order valence-electron chi connectivity index (χ0n) is 11.7. The largest absolute Gasteiger partial charge is 0.443 e. The zero-order valence-corrected chi connectivity index (χ0v) is 12.5. The van der Waals surface area contributed by atoms with E-state index in [2.05, 4.69) is 0 Å². The third-order valence-corrected chi connectivity index (χ3v) is 2.67. The second-order valence-corrected chi connectivity index (χ2v) is 5.59. The van der Waals surface area contributed by atoms with Gasteiger partial charge in [0, 0.05) is 17.1 Å². The molecular weight excluding hydrogens is 266 g/mol. The highest BCUT2D eigenvalue weighted by Gasteiger charge is 2.23. The normalized spacial score (nSPS) is 11.3. The van der Waals surface area contributed by atoms with E-state index in [0.717, 1.165) is 0 Å². The topological polar surface area (TPSA) is 49.8 Å². The van der Waals surface area contributed by atoms with Crippen LogP contribution >= 0.6 is 11.6 Å². The average Bonchev–Trinajstić information content (AvgIpc) is 2.29. The number of hydrogen-bond donors (Lipinski definition) is 1. The van der Waals surface area contributed by atoms with Crippen LogP contribution in [0.5, 0.6) is 0 Å². The maximum absolute atomic E-state index is 12.1. The molecule has 1 rings (SSSR count). The van der Waals surface area contributed by atoms with Gasteiger partial charge in [0.1, 0.15) is 5.60 Å². The molecule has 0 unspecified atom stereocenters. The van der Waals surface area contributed by atoms with Gasteiger partial charge in [0.05, 0.1) is 12.3 Å². The fourth-order valence-corrected chi connectivity index (χ4v) is 1.85. The Morgan fingerprint density at radius 1 is 1.42 bits per heavy atom. The quantitative estimate of drug-likeness (QED) is 0.923. The van der Waals surface area contributed by atoms with Gasteiger partial charge in [0.25, 0.3) is 0 Å². The molecule has 0 heterocycles. The lowest BCUT2D eigenvalue weighted by Gasteiger charge is -2.27. The van der Waals surface area contributed by atoms with E-state index in [-0.39, 0.29) is 6.61 Å². The van der Waals surface area contributed by atoms with Crippen LogP contribution in [0.1, 0.15) is 33.3 Å². The molecule has 1 amide bonds. The molecule has 106 valence electrons. The van der Waals surface area contributed by atoms with Gasteiger partial charge in [-0.3, -0.25) is 4.90 Å². The molecule has 0 radical (unpaired) electrons. The van der Waals surface area contributed by atoms with Crippen LogP contribution in [0.2, 0.25) is 5.02 Å². The minimum absolute atomic E-state index is 0.185. The number of rotatable bonds is 3. The minimum Gasteiger partial charge on any atom is -0.443 e. The summed E-state index contributed by atoms with van der Waals surface area (Å²) in [6.45, 7) is 7.55. The summed E-state index contributed by atoms with van der Waals surface area (Å²) in [4.78, 5) is 13.6. The first-order chi connectivity index (χ1) is 8.78. The van der Waals surface area contributed by atoms with Crippen LogP contribution in [0.15, 0.2) is 18.2 Å². The van der Waals surface area contributed by atoms with Crippen molar-refractivity contribution in [2.24, 2.45) is 0 Å². The van der Waals surface area contributed by atoms with Gasteiger partial charge < -0.3 is 9.84 Å².